The van der Waals surface area contributed by atoms with Gasteiger partial charge in [0.2, 0.25) is 0 Å². The molecule has 0 amide bonds. The molecular formula is C11H10BrF3O2. The molecule has 94 valence electrons. The quantitative estimate of drug-likeness (QED) is 0.786. The van der Waals surface area contributed by atoms with Crippen LogP contribution in [0.4, 0.5) is 13.2 Å². The van der Waals surface area contributed by atoms with E-state index in [4.69, 9.17) is 4.74 Å². The van der Waals surface area contributed by atoms with Gasteiger partial charge in [0.1, 0.15) is 12.2 Å². The third-order valence-electron chi connectivity index (χ3n) is 1.91. The monoisotopic (exact) mass is 310 g/mol. The second-order valence-corrected chi connectivity index (χ2v) is 4.14. The Morgan fingerprint density at radius 1 is 1.41 bits per heavy atom. The van der Waals surface area contributed by atoms with Crippen molar-refractivity contribution in [1.82, 2.24) is 0 Å². The van der Waals surface area contributed by atoms with Gasteiger partial charge in [-0.2, -0.15) is 13.2 Å². The molecule has 0 aliphatic rings. The van der Waals surface area contributed by atoms with Crippen molar-refractivity contribution in [3.05, 3.63) is 28.2 Å². The van der Waals surface area contributed by atoms with E-state index in [0.29, 0.717) is 16.8 Å². The van der Waals surface area contributed by atoms with Gasteiger partial charge >= 0.3 is 6.18 Å². The minimum atomic E-state index is -4.49. The predicted octanol–water partition coefficient (Wildman–Crippen LogP) is 3.98. The molecule has 0 saturated carbocycles. The standard InChI is InChI=1S/C11H10BrF3O2/c1-2-17-7-3-4-8(9(12)5-7)10(16)6-11(13,14)15/h3-5H,2,6H2,1H3. The van der Waals surface area contributed by atoms with E-state index in [9.17, 15) is 18.0 Å². The Hall–Kier alpha value is -1.04. The maximum absolute atomic E-state index is 12.1. The van der Waals surface area contributed by atoms with Crippen molar-refractivity contribution in [2.75, 3.05) is 6.61 Å². The Balaban J connectivity index is 2.88. The number of hydrogen-bond acceptors (Lipinski definition) is 2. The molecule has 17 heavy (non-hydrogen) atoms. The normalized spacial score (nSPS) is 11.4. The van der Waals surface area contributed by atoms with Crippen molar-refractivity contribution in [3.8, 4) is 5.75 Å². The van der Waals surface area contributed by atoms with Crippen LogP contribution in [0, 0.1) is 0 Å². The van der Waals surface area contributed by atoms with Gasteiger partial charge in [-0.05, 0) is 41.1 Å². The molecule has 0 unspecified atom stereocenters. The maximum Gasteiger partial charge on any atom is 0.396 e. The summed E-state index contributed by atoms with van der Waals surface area (Å²) in [5.41, 5.74) is 0.00535. The molecule has 0 aromatic heterocycles. The lowest BCUT2D eigenvalue weighted by molar-refractivity contribution is -0.125. The molecule has 0 saturated heterocycles. The van der Waals surface area contributed by atoms with E-state index >= 15 is 0 Å². The molecule has 0 atom stereocenters. The van der Waals surface area contributed by atoms with Crippen molar-refractivity contribution < 1.29 is 22.7 Å². The minimum absolute atomic E-state index is 0.00535. The van der Waals surface area contributed by atoms with Crippen molar-refractivity contribution in [2.24, 2.45) is 0 Å². The Kier molecular flexibility index (Phi) is 4.56. The number of carbonyl (C=O) groups is 1. The van der Waals surface area contributed by atoms with Gasteiger partial charge in [0.15, 0.2) is 5.78 Å². The van der Waals surface area contributed by atoms with Crippen LogP contribution in [0.15, 0.2) is 22.7 Å². The van der Waals surface area contributed by atoms with Gasteiger partial charge in [0.25, 0.3) is 0 Å². The fraction of sp³-hybridized carbons (Fsp3) is 0.364. The summed E-state index contributed by atoms with van der Waals surface area (Å²) < 4.78 is 41.7. The number of halogens is 4. The van der Waals surface area contributed by atoms with E-state index in [-0.39, 0.29) is 5.56 Å². The number of rotatable bonds is 4. The zero-order valence-electron chi connectivity index (χ0n) is 8.97. The molecule has 0 spiro atoms. The summed E-state index contributed by atoms with van der Waals surface area (Å²) in [5, 5.41) is 0. The molecule has 0 fully saturated rings. The van der Waals surface area contributed by atoms with Gasteiger partial charge in [0.05, 0.1) is 6.61 Å². The van der Waals surface area contributed by atoms with E-state index in [0.717, 1.165) is 0 Å². The molecule has 0 aliphatic heterocycles. The zero-order valence-corrected chi connectivity index (χ0v) is 10.6. The zero-order chi connectivity index (χ0) is 13.1. The second kappa shape index (κ2) is 5.53. The van der Waals surface area contributed by atoms with E-state index in [1.165, 1.54) is 18.2 Å². The fourth-order valence-corrected chi connectivity index (χ4v) is 1.83. The highest BCUT2D eigenvalue weighted by molar-refractivity contribution is 9.10. The molecule has 0 radical (unpaired) electrons. The fourth-order valence-electron chi connectivity index (χ4n) is 1.26. The highest BCUT2D eigenvalue weighted by Crippen LogP contribution is 2.28. The van der Waals surface area contributed by atoms with Gasteiger partial charge in [0, 0.05) is 10.0 Å². The minimum Gasteiger partial charge on any atom is -0.494 e. The highest BCUT2D eigenvalue weighted by atomic mass is 79.9. The van der Waals surface area contributed by atoms with Crippen LogP contribution in [-0.4, -0.2) is 18.6 Å². The summed E-state index contributed by atoms with van der Waals surface area (Å²) in [6, 6.07) is 4.27. The van der Waals surface area contributed by atoms with Crippen LogP contribution in [0.25, 0.3) is 0 Å². The SMILES string of the molecule is CCOc1ccc(C(=O)CC(F)(F)F)c(Br)c1. The third kappa shape index (κ3) is 4.38. The third-order valence-corrected chi connectivity index (χ3v) is 2.57. The Morgan fingerprint density at radius 2 is 2.06 bits per heavy atom. The van der Waals surface area contributed by atoms with Crippen LogP contribution in [0.5, 0.6) is 5.75 Å². The number of hydrogen-bond donors (Lipinski definition) is 0. The van der Waals surface area contributed by atoms with E-state index < -0.39 is 18.4 Å². The van der Waals surface area contributed by atoms with Gasteiger partial charge in [-0.25, -0.2) is 0 Å². The molecular weight excluding hydrogens is 301 g/mol. The summed E-state index contributed by atoms with van der Waals surface area (Å²) in [6.45, 7) is 2.24. The second-order valence-electron chi connectivity index (χ2n) is 3.29. The van der Waals surface area contributed by atoms with Crippen LogP contribution in [0.2, 0.25) is 0 Å². The number of benzene rings is 1. The summed E-state index contributed by atoms with van der Waals surface area (Å²) in [5.74, 6) is -0.463. The molecule has 0 aliphatic carbocycles. The van der Waals surface area contributed by atoms with Crippen molar-refractivity contribution in [3.63, 3.8) is 0 Å². The van der Waals surface area contributed by atoms with Crippen LogP contribution >= 0.6 is 15.9 Å². The summed E-state index contributed by atoms with van der Waals surface area (Å²) in [6.07, 6.45) is -5.95. The lowest BCUT2D eigenvalue weighted by atomic mass is 10.1. The molecule has 1 aromatic rings. The summed E-state index contributed by atoms with van der Waals surface area (Å²) in [7, 11) is 0. The number of ether oxygens (including phenoxy) is 1. The largest absolute Gasteiger partial charge is 0.494 e. The Labute approximate surface area is 105 Å². The molecule has 2 nitrogen and oxygen atoms in total. The topological polar surface area (TPSA) is 26.3 Å². The number of Topliss-reactive ketones (excluding diaryl/α,β-unsaturated/α-hetero) is 1. The summed E-state index contributed by atoms with van der Waals surface area (Å²) in [4.78, 5) is 11.4. The van der Waals surface area contributed by atoms with Gasteiger partial charge < -0.3 is 4.74 Å². The molecule has 1 rings (SSSR count). The first kappa shape index (κ1) is 14.0. The Bertz CT molecular complexity index is 416. The number of alkyl halides is 3. The van der Waals surface area contributed by atoms with Crippen LogP contribution in [0.1, 0.15) is 23.7 Å². The first-order valence-electron chi connectivity index (χ1n) is 4.86. The average molecular weight is 311 g/mol. The first-order valence-corrected chi connectivity index (χ1v) is 5.65. The predicted molar refractivity (Wildman–Crippen MR) is 60.3 cm³/mol. The maximum atomic E-state index is 12.1. The van der Waals surface area contributed by atoms with E-state index in [1.807, 2.05) is 0 Å². The number of carbonyl (C=O) groups excluding carboxylic acids is 1. The van der Waals surface area contributed by atoms with E-state index in [1.54, 1.807) is 6.92 Å². The van der Waals surface area contributed by atoms with Crippen LogP contribution in [0.3, 0.4) is 0 Å². The van der Waals surface area contributed by atoms with E-state index in [2.05, 4.69) is 15.9 Å². The van der Waals surface area contributed by atoms with Crippen LogP contribution < -0.4 is 4.74 Å². The van der Waals surface area contributed by atoms with Crippen molar-refractivity contribution in [2.45, 2.75) is 19.5 Å². The first-order chi connectivity index (χ1) is 7.83. The van der Waals surface area contributed by atoms with Gasteiger partial charge in [-0.1, -0.05) is 0 Å². The average Bonchev–Trinajstić information content (AvgIpc) is 2.15. The van der Waals surface area contributed by atoms with Crippen molar-refractivity contribution >= 4 is 21.7 Å². The smallest absolute Gasteiger partial charge is 0.396 e. The lowest BCUT2D eigenvalue weighted by Crippen LogP contribution is -2.15. The molecule has 0 N–H and O–H groups in total. The summed E-state index contributed by atoms with van der Waals surface area (Å²) >= 11 is 3.06. The highest BCUT2D eigenvalue weighted by Gasteiger charge is 2.32. The van der Waals surface area contributed by atoms with Crippen LogP contribution in [-0.2, 0) is 0 Å². The Morgan fingerprint density at radius 3 is 2.53 bits per heavy atom. The lowest BCUT2D eigenvalue weighted by Gasteiger charge is -2.09. The number of ketones is 1. The molecule has 1 aromatic carbocycles. The molecule has 0 heterocycles. The molecule has 0 bridgehead atoms. The molecule has 6 heteroatoms. The van der Waals surface area contributed by atoms with Gasteiger partial charge in [-0.3, -0.25) is 4.79 Å². The van der Waals surface area contributed by atoms with Gasteiger partial charge in [-0.15, -0.1) is 0 Å². The van der Waals surface area contributed by atoms with Crippen molar-refractivity contribution in [1.29, 1.82) is 0 Å².